The van der Waals surface area contributed by atoms with Crippen LogP contribution in [0.1, 0.15) is 5.56 Å². The molecule has 0 spiro atoms. The third kappa shape index (κ3) is 2.64. The van der Waals surface area contributed by atoms with Crippen molar-refractivity contribution in [3.8, 4) is 5.75 Å². The van der Waals surface area contributed by atoms with Crippen molar-refractivity contribution in [2.45, 2.75) is 6.42 Å². The minimum Gasteiger partial charge on any atom is -0.537 e. The van der Waals surface area contributed by atoms with Gasteiger partial charge in [0.05, 0.1) is 6.61 Å². The molecule has 1 aliphatic heterocycles. The van der Waals surface area contributed by atoms with Gasteiger partial charge in [-0.05, 0) is 42.3 Å². The van der Waals surface area contributed by atoms with Crippen molar-refractivity contribution in [2.75, 3.05) is 18.2 Å². The smallest absolute Gasteiger partial charge is 0.537 e. The molecule has 0 fully saturated rings. The van der Waals surface area contributed by atoms with Crippen molar-refractivity contribution in [1.82, 2.24) is 0 Å². The summed E-state index contributed by atoms with van der Waals surface area (Å²) in [5.74, 6) is 0.626. The molecular formula is C15H15BNO3. The van der Waals surface area contributed by atoms with Crippen LogP contribution in [-0.4, -0.2) is 26.0 Å². The van der Waals surface area contributed by atoms with E-state index in [0.717, 1.165) is 23.4 Å². The molecule has 1 heterocycles. The number of nitrogens with zero attached hydrogens (tertiary/aromatic N) is 1. The molecule has 1 aliphatic rings. The Bertz CT molecular complexity index is 577. The summed E-state index contributed by atoms with van der Waals surface area (Å²) in [5, 5.41) is 8.73. The van der Waals surface area contributed by atoms with Crippen molar-refractivity contribution in [1.29, 1.82) is 0 Å². The number of hydrogen-bond acceptors (Lipinski definition) is 4. The molecular weight excluding hydrogens is 253 g/mol. The Labute approximate surface area is 118 Å². The van der Waals surface area contributed by atoms with Crippen LogP contribution in [0.5, 0.6) is 5.75 Å². The molecule has 0 saturated carbocycles. The highest BCUT2D eigenvalue weighted by Gasteiger charge is 2.17. The van der Waals surface area contributed by atoms with Gasteiger partial charge >= 0.3 is 7.69 Å². The lowest BCUT2D eigenvalue weighted by atomic mass is 10.1. The van der Waals surface area contributed by atoms with Gasteiger partial charge in [-0.3, -0.25) is 0 Å². The van der Waals surface area contributed by atoms with E-state index >= 15 is 0 Å². The Kier molecular flexibility index (Phi) is 3.90. The second kappa shape index (κ2) is 5.99. The molecule has 1 N–H and O–H groups in total. The molecule has 20 heavy (non-hydrogen) atoms. The Morgan fingerprint density at radius 3 is 2.80 bits per heavy atom. The molecule has 3 rings (SSSR count). The molecule has 1 radical (unpaired) electrons. The summed E-state index contributed by atoms with van der Waals surface area (Å²) < 4.78 is 10.7. The van der Waals surface area contributed by atoms with E-state index in [0.29, 0.717) is 26.8 Å². The molecule has 4 nitrogen and oxygen atoms in total. The van der Waals surface area contributed by atoms with Crippen molar-refractivity contribution in [2.24, 2.45) is 0 Å². The zero-order chi connectivity index (χ0) is 13.8. The van der Waals surface area contributed by atoms with Gasteiger partial charge in [0, 0.05) is 11.4 Å². The van der Waals surface area contributed by atoms with Gasteiger partial charge in [-0.2, -0.15) is 0 Å². The molecule has 0 aromatic heterocycles. The fourth-order valence-corrected chi connectivity index (χ4v) is 2.39. The van der Waals surface area contributed by atoms with E-state index in [1.165, 1.54) is 0 Å². The molecule has 2 aromatic carbocycles. The first kappa shape index (κ1) is 13.0. The maximum absolute atomic E-state index is 8.73. The largest absolute Gasteiger partial charge is 0.569 e. The van der Waals surface area contributed by atoms with Crippen LogP contribution in [0.3, 0.4) is 0 Å². The van der Waals surface area contributed by atoms with Gasteiger partial charge in [-0.1, -0.05) is 18.2 Å². The quantitative estimate of drug-likeness (QED) is 0.867. The normalized spacial score (nSPS) is 14.3. The average Bonchev–Trinajstić information content (AvgIpc) is 2.70. The Morgan fingerprint density at radius 2 is 2.00 bits per heavy atom. The Morgan fingerprint density at radius 1 is 1.15 bits per heavy atom. The number of para-hydroxylation sites is 1. The van der Waals surface area contributed by atoms with E-state index in [4.69, 9.17) is 14.4 Å². The number of benzene rings is 2. The first-order chi connectivity index (χ1) is 9.88. The van der Waals surface area contributed by atoms with Crippen LogP contribution in [-0.2, 0) is 11.2 Å². The van der Waals surface area contributed by atoms with Gasteiger partial charge in [0.25, 0.3) is 0 Å². The number of ether oxygens (including phenoxy) is 1. The zero-order valence-electron chi connectivity index (χ0n) is 11.0. The van der Waals surface area contributed by atoms with E-state index in [1.54, 1.807) is 0 Å². The predicted octanol–water partition coefficient (Wildman–Crippen LogP) is 2.26. The van der Waals surface area contributed by atoms with Crippen LogP contribution < -0.4 is 9.55 Å². The number of rotatable bonds is 3. The van der Waals surface area contributed by atoms with Gasteiger partial charge in [0.15, 0.2) is 0 Å². The summed E-state index contributed by atoms with van der Waals surface area (Å²) in [6, 6.07) is 15.9. The van der Waals surface area contributed by atoms with E-state index < -0.39 is 0 Å². The SMILES string of the molecule is O[B]Oc1ccc2c(c1)CCOCN2c1ccccc1. The molecule has 101 valence electrons. The van der Waals surface area contributed by atoms with Crippen LogP contribution in [0.25, 0.3) is 0 Å². The van der Waals surface area contributed by atoms with Crippen molar-refractivity contribution in [3.63, 3.8) is 0 Å². The van der Waals surface area contributed by atoms with Crippen LogP contribution in [0.4, 0.5) is 11.4 Å². The Balaban J connectivity index is 1.99. The minimum atomic E-state index is 0.531. The predicted molar refractivity (Wildman–Crippen MR) is 78.1 cm³/mol. The lowest BCUT2D eigenvalue weighted by molar-refractivity contribution is 0.148. The summed E-state index contributed by atoms with van der Waals surface area (Å²) in [5.41, 5.74) is 3.35. The summed E-state index contributed by atoms with van der Waals surface area (Å²) in [6.45, 7) is 1.20. The topological polar surface area (TPSA) is 41.9 Å². The third-order valence-corrected chi connectivity index (χ3v) is 3.33. The second-order valence-electron chi connectivity index (χ2n) is 4.56. The van der Waals surface area contributed by atoms with E-state index in [9.17, 15) is 0 Å². The molecule has 0 aliphatic carbocycles. The minimum absolute atomic E-state index is 0.531. The van der Waals surface area contributed by atoms with E-state index in [1.807, 2.05) is 36.4 Å². The van der Waals surface area contributed by atoms with Crippen LogP contribution in [0.15, 0.2) is 48.5 Å². The van der Waals surface area contributed by atoms with E-state index in [-0.39, 0.29) is 0 Å². The monoisotopic (exact) mass is 268 g/mol. The summed E-state index contributed by atoms with van der Waals surface area (Å²) in [4.78, 5) is 2.13. The summed E-state index contributed by atoms with van der Waals surface area (Å²) >= 11 is 0. The van der Waals surface area contributed by atoms with E-state index in [2.05, 4.69) is 17.0 Å². The second-order valence-corrected chi connectivity index (χ2v) is 4.56. The zero-order valence-corrected chi connectivity index (χ0v) is 11.0. The standard InChI is InChI=1S/C15H15BNO3/c18-16-20-14-6-7-15-12(10-14)8-9-19-11-17(15)13-4-2-1-3-5-13/h1-7,10,18H,8-9,11H2. The lowest BCUT2D eigenvalue weighted by Crippen LogP contribution is -2.19. The third-order valence-electron chi connectivity index (χ3n) is 3.33. The molecule has 0 saturated heterocycles. The number of fused-ring (bicyclic) bond motifs is 1. The molecule has 0 unspecified atom stereocenters. The maximum Gasteiger partial charge on any atom is 0.569 e. The van der Waals surface area contributed by atoms with Crippen molar-refractivity contribution < 1.29 is 14.4 Å². The molecule has 0 amide bonds. The first-order valence-electron chi connectivity index (χ1n) is 6.54. The van der Waals surface area contributed by atoms with Gasteiger partial charge < -0.3 is 19.3 Å². The van der Waals surface area contributed by atoms with Crippen LogP contribution in [0, 0.1) is 0 Å². The highest BCUT2D eigenvalue weighted by molar-refractivity contribution is 6.17. The van der Waals surface area contributed by atoms with Crippen LogP contribution >= 0.6 is 0 Å². The summed E-state index contributed by atoms with van der Waals surface area (Å²) in [7, 11) is 0.698. The number of anilines is 2. The highest BCUT2D eigenvalue weighted by Crippen LogP contribution is 2.33. The summed E-state index contributed by atoms with van der Waals surface area (Å²) in [6.07, 6.45) is 0.821. The van der Waals surface area contributed by atoms with Gasteiger partial charge in [0.1, 0.15) is 12.5 Å². The maximum atomic E-state index is 8.73. The molecule has 0 bridgehead atoms. The number of hydrogen-bond donors (Lipinski definition) is 1. The first-order valence-corrected chi connectivity index (χ1v) is 6.54. The Hall–Kier alpha value is -1.98. The fourth-order valence-electron chi connectivity index (χ4n) is 2.39. The average molecular weight is 268 g/mol. The van der Waals surface area contributed by atoms with Crippen molar-refractivity contribution >= 4 is 19.1 Å². The van der Waals surface area contributed by atoms with Gasteiger partial charge in [-0.15, -0.1) is 0 Å². The molecule has 5 heteroatoms. The molecule has 2 aromatic rings. The van der Waals surface area contributed by atoms with Crippen LogP contribution in [0.2, 0.25) is 0 Å². The van der Waals surface area contributed by atoms with Gasteiger partial charge in [-0.25, -0.2) is 0 Å². The molecule has 0 atom stereocenters. The fraction of sp³-hybridized carbons (Fsp3) is 0.200. The highest BCUT2D eigenvalue weighted by atomic mass is 16.5. The van der Waals surface area contributed by atoms with Crippen molar-refractivity contribution in [3.05, 3.63) is 54.1 Å². The van der Waals surface area contributed by atoms with Gasteiger partial charge in [0.2, 0.25) is 0 Å². The lowest BCUT2D eigenvalue weighted by Gasteiger charge is -2.24.